The van der Waals surface area contributed by atoms with Gasteiger partial charge < -0.3 is 0 Å². The Balaban J connectivity index is 3.29. The van der Waals surface area contributed by atoms with E-state index in [0.29, 0.717) is 6.07 Å². The van der Waals surface area contributed by atoms with Crippen molar-refractivity contribution in [1.82, 2.24) is 0 Å². The maximum atomic E-state index is 12.8. The van der Waals surface area contributed by atoms with Crippen LogP contribution >= 0.6 is 38.5 Å². The second-order valence-electron chi connectivity index (χ2n) is 2.25. The van der Waals surface area contributed by atoms with E-state index in [4.69, 9.17) is 0 Å². The minimum atomic E-state index is -4.51. The third kappa shape index (κ3) is 2.55. The van der Waals surface area contributed by atoms with Crippen LogP contribution in [-0.4, -0.2) is 0 Å². The molecule has 0 aliphatic carbocycles. The van der Waals surface area contributed by atoms with E-state index in [1.807, 2.05) is 0 Å². The van der Waals surface area contributed by atoms with Crippen molar-refractivity contribution in [2.45, 2.75) is 6.18 Å². The first-order chi connectivity index (χ1) is 5.82. The maximum Gasteiger partial charge on any atom is 0.416 e. The highest BCUT2D eigenvalue weighted by atomic mass is 127. The fraction of sp³-hybridized carbons (Fsp3) is 0.143. The van der Waals surface area contributed by atoms with Crippen LogP contribution in [0.25, 0.3) is 0 Å². The van der Waals surface area contributed by atoms with Crippen molar-refractivity contribution in [2.75, 3.05) is 0 Å². The molecule has 72 valence electrons. The van der Waals surface area contributed by atoms with Gasteiger partial charge in [0.25, 0.3) is 0 Å². The topological polar surface area (TPSA) is 0 Å². The number of hydrogen-bond donors (Lipinski definition) is 0. The third-order valence-electron chi connectivity index (χ3n) is 1.31. The van der Waals surface area contributed by atoms with E-state index in [9.17, 15) is 17.6 Å². The lowest BCUT2D eigenvalue weighted by molar-refractivity contribution is -0.137. The van der Waals surface area contributed by atoms with E-state index in [1.54, 1.807) is 22.6 Å². The molecule has 0 atom stereocenters. The molecule has 0 heterocycles. The summed E-state index contributed by atoms with van der Waals surface area (Å²) in [5, 5.41) is 0. The zero-order chi connectivity index (χ0) is 10.2. The largest absolute Gasteiger partial charge is 0.416 e. The van der Waals surface area contributed by atoms with E-state index >= 15 is 0 Å². The van der Waals surface area contributed by atoms with Gasteiger partial charge in [-0.05, 0) is 50.7 Å². The summed E-state index contributed by atoms with van der Waals surface area (Å²) in [5.41, 5.74) is -0.989. The average molecular weight is 369 g/mol. The highest BCUT2D eigenvalue weighted by molar-refractivity contribution is 14.1. The first-order valence-electron chi connectivity index (χ1n) is 3.04. The molecule has 0 aliphatic heterocycles. The molecule has 0 saturated carbocycles. The van der Waals surface area contributed by atoms with E-state index in [-0.39, 0.29) is 8.04 Å². The van der Waals surface area contributed by atoms with Crippen molar-refractivity contribution in [2.24, 2.45) is 0 Å². The van der Waals surface area contributed by atoms with Crippen molar-refractivity contribution >= 4 is 38.5 Å². The van der Waals surface area contributed by atoms with Gasteiger partial charge in [0.15, 0.2) is 0 Å². The van der Waals surface area contributed by atoms with Crippen LogP contribution < -0.4 is 0 Å². The van der Waals surface area contributed by atoms with E-state index < -0.39 is 17.6 Å². The molecule has 1 aromatic rings. The summed E-state index contributed by atoms with van der Waals surface area (Å²) < 4.78 is 49.4. The van der Waals surface area contributed by atoms with E-state index in [1.165, 1.54) is 0 Å². The van der Waals surface area contributed by atoms with Crippen molar-refractivity contribution in [3.05, 3.63) is 31.6 Å². The third-order valence-corrected chi connectivity index (χ3v) is 3.77. The summed E-state index contributed by atoms with van der Waals surface area (Å²) in [5.74, 6) is -0.873. The molecule has 1 aromatic carbocycles. The average Bonchev–Trinajstić information content (AvgIpc) is 1.97. The van der Waals surface area contributed by atoms with Crippen molar-refractivity contribution in [3.63, 3.8) is 0 Å². The number of alkyl halides is 3. The van der Waals surface area contributed by atoms with Crippen LogP contribution in [0.2, 0.25) is 0 Å². The minimum Gasteiger partial charge on any atom is -0.206 e. The van der Waals surface area contributed by atoms with Crippen molar-refractivity contribution < 1.29 is 17.6 Å². The molecule has 0 saturated heterocycles. The summed E-state index contributed by atoms with van der Waals surface area (Å²) in [7, 11) is 0. The van der Waals surface area contributed by atoms with Crippen LogP contribution in [0.5, 0.6) is 0 Å². The van der Waals surface area contributed by atoms with E-state index in [2.05, 4.69) is 15.9 Å². The van der Waals surface area contributed by atoms with Gasteiger partial charge >= 0.3 is 6.18 Å². The smallest absolute Gasteiger partial charge is 0.206 e. The summed E-state index contributed by atoms with van der Waals surface area (Å²) in [6.45, 7) is 0. The maximum absolute atomic E-state index is 12.8. The van der Waals surface area contributed by atoms with Crippen LogP contribution in [0, 0.1) is 9.39 Å². The highest BCUT2D eigenvalue weighted by Crippen LogP contribution is 2.33. The van der Waals surface area contributed by atoms with Gasteiger partial charge in [0.1, 0.15) is 5.82 Å². The Hall–Kier alpha value is 0.150. The van der Waals surface area contributed by atoms with Crippen molar-refractivity contribution in [1.29, 1.82) is 0 Å². The second kappa shape index (κ2) is 3.72. The van der Waals surface area contributed by atoms with Gasteiger partial charge in [0.2, 0.25) is 0 Å². The molecule has 1 rings (SSSR count). The number of benzene rings is 1. The molecular weight excluding hydrogens is 367 g/mol. The number of rotatable bonds is 0. The Morgan fingerprint density at radius 1 is 1.23 bits per heavy atom. The molecule has 0 fully saturated rings. The fourth-order valence-electron chi connectivity index (χ4n) is 0.719. The summed E-state index contributed by atoms with van der Waals surface area (Å²) in [6, 6.07) is 1.33. The van der Waals surface area contributed by atoms with E-state index in [0.717, 1.165) is 6.07 Å². The second-order valence-corrected chi connectivity index (χ2v) is 4.18. The van der Waals surface area contributed by atoms with Gasteiger partial charge in [-0.25, -0.2) is 4.39 Å². The fourth-order valence-corrected chi connectivity index (χ4v) is 1.47. The molecule has 0 bridgehead atoms. The van der Waals surface area contributed by atoms with Gasteiger partial charge in [-0.2, -0.15) is 13.2 Å². The first kappa shape index (κ1) is 11.2. The lowest BCUT2D eigenvalue weighted by atomic mass is 10.2. The SMILES string of the molecule is Fc1cc(C(F)(F)F)cc(Br)c1I. The molecular formula is C7H2BrF4I. The number of hydrogen-bond acceptors (Lipinski definition) is 0. The minimum absolute atomic E-state index is 0.112. The quantitative estimate of drug-likeness (QED) is 0.365. The standard InChI is InChI=1S/C7H2BrF4I/c8-4-1-3(7(10,11)12)2-5(9)6(4)13/h1-2H. The van der Waals surface area contributed by atoms with Crippen LogP contribution in [0.15, 0.2) is 16.6 Å². The van der Waals surface area contributed by atoms with Crippen molar-refractivity contribution in [3.8, 4) is 0 Å². The molecule has 6 heteroatoms. The molecule has 0 spiro atoms. The van der Waals surface area contributed by atoms with Gasteiger partial charge in [-0.15, -0.1) is 0 Å². The normalized spacial score (nSPS) is 11.8. The molecule has 0 nitrogen and oxygen atoms in total. The van der Waals surface area contributed by atoms with Gasteiger partial charge in [0.05, 0.1) is 9.13 Å². The summed E-state index contributed by atoms with van der Waals surface area (Å²) in [6.07, 6.45) is -4.51. The van der Waals surface area contributed by atoms with Crippen LogP contribution in [0.4, 0.5) is 17.6 Å². The molecule has 0 amide bonds. The molecule has 0 N–H and O–H groups in total. The predicted molar refractivity (Wildman–Crippen MR) is 51.8 cm³/mol. The van der Waals surface area contributed by atoms with Gasteiger partial charge in [0, 0.05) is 4.47 Å². The lowest BCUT2D eigenvalue weighted by Gasteiger charge is -2.08. The molecule has 0 aliphatic rings. The Labute approximate surface area is 93.6 Å². The Morgan fingerprint density at radius 2 is 1.77 bits per heavy atom. The Morgan fingerprint density at radius 3 is 2.15 bits per heavy atom. The zero-order valence-corrected chi connectivity index (χ0v) is 9.67. The summed E-state index contributed by atoms with van der Waals surface area (Å²) in [4.78, 5) is 0. The monoisotopic (exact) mass is 368 g/mol. The summed E-state index contributed by atoms with van der Waals surface area (Å²) >= 11 is 4.47. The van der Waals surface area contributed by atoms with Crippen LogP contribution in [0.3, 0.4) is 0 Å². The molecule has 0 radical (unpaired) electrons. The number of halogens is 6. The van der Waals surface area contributed by atoms with Gasteiger partial charge in [-0.3, -0.25) is 0 Å². The Kier molecular flexibility index (Phi) is 3.21. The van der Waals surface area contributed by atoms with Crippen LogP contribution in [0.1, 0.15) is 5.56 Å². The molecule has 13 heavy (non-hydrogen) atoms. The molecule has 0 aromatic heterocycles. The lowest BCUT2D eigenvalue weighted by Crippen LogP contribution is -2.06. The molecule has 0 unspecified atom stereocenters. The zero-order valence-electron chi connectivity index (χ0n) is 5.92. The van der Waals surface area contributed by atoms with Gasteiger partial charge in [-0.1, -0.05) is 0 Å². The van der Waals surface area contributed by atoms with Crippen LogP contribution in [-0.2, 0) is 6.18 Å². The predicted octanol–water partition coefficient (Wildman–Crippen LogP) is 4.21. The Bertz CT molecular complexity index is 311. The first-order valence-corrected chi connectivity index (χ1v) is 4.91. The highest BCUT2D eigenvalue weighted by Gasteiger charge is 2.31.